The first kappa shape index (κ1) is 15.0. The number of carbonyl (C=O) groups is 1. The van der Waals surface area contributed by atoms with Gasteiger partial charge in [0.1, 0.15) is 5.82 Å². The van der Waals surface area contributed by atoms with Gasteiger partial charge in [-0.1, -0.05) is 13.8 Å². The van der Waals surface area contributed by atoms with Crippen molar-refractivity contribution in [2.45, 2.75) is 45.1 Å². The van der Waals surface area contributed by atoms with E-state index in [1.807, 2.05) is 18.7 Å². The Morgan fingerprint density at radius 2 is 2.22 bits per heavy atom. The number of nitrogens with zero attached hydrogens (tertiary/aromatic N) is 2. The molecule has 0 saturated heterocycles. The van der Waals surface area contributed by atoms with Crippen LogP contribution < -0.4 is 0 Å². The molecule has 0 spiro atoms. The summed E-state index contributed by atoms with van der Waals surface area (Å²) in [6.07, 6.45) is 2.69. The Morgan fingerprint density at radius 1 is 1.50 bits per heavy atom. The number of ether oxygens (including phenoxy) is 1. The molecule has 1 aromatic rings. The van der Waals surface area contributed by atoms with E-state index in [4.69, 9.17) is 4.74 Å². The van der Waals surface area contributed by atoms with Crippen LogP contribution in [0.1, 0.15) is 49.1 Å². The van der Waals surface area contributed by atoms with Gasteiger partial charge in [0.05, 0.1) is 23.6 Å². The fourth-order valence-corrected chi connectivity index (χ4v) is 2.14. The molecule has 0 amide bonds. The smallest absolute Gasteiger partial charge is 0.341 e. The van der Waals surface area contributed by atoms with Gasteiger partial charge in [-0.05, 0) is 20.3 Å². The van der Waals surface area contributed by atoms with Crippen LogP contribution in [-0.2, 0) is 10.5 Å². The summed E-state index contributed by atoms with van der Waals surface area (Å²) in [5.41, 5.74) is 1.14. The third-order valence-electron chi connectivity index (χ3n) is 2.60. The molecule has 1 aromatic heterocycles. The average molecular weight is 268 g/mol. The van der Waals surface area contributed by atoms with Crippen molar-refractivity contribution in [3.8, 4) is 0 Å². The predicted octanol–water partition coefficient (Wildman–Crippen LogP) is 2.99. The third-order valence-corrected chi connectivity index (χ3v) is 3.92. The van der Waals surface area contributed by atoms with Crippen LogP contribution in [0.5, 0.6) is 0 Å². The maximum Gasteiger partial charge on any atom is 0.341 e. The third kappa shape index (κ3) is 4.29. The van der Waals surface area contributed by atoms with Crippen LogP contribution in [0.2, 0.25) is 0 Å². The van der Waals surface area contributed by atoms with Gasteiger partial charge in [0, 0.05) is 11.4 Å². The van der Waals surface area contributed by atoms with Crippen molar-refractivity contribution in [1.29, 1.82) is 0 Å². The fourth-order valence-electron chi connectivity index (χ4n) is 1.33. The highest BCUT2D eigenvalue weighted by Crippen LogP contribution is 2.18. The molecule has 0 fully saturated rings. The first-order valence-electron chi connectivity index (χ1n) is 6.19. The topological polar surface area (TPSA) is 52.1 Å². The molecule has 0 bridgehead atoms. The number of aromatic nitrogens is 2. The average Bonchev–Trinajstić information content (AvgIpc) is 2.36. The van der Waals surface area contributed by atoms with Crippen molar-refractivity contribution in [3.63, 3.8) is 0 Å². The molecule has 5 heteroatoms. The first-order chi connectivity index (χ1) is 8.58. The summed E-state index contributed by atoms with van der Waals surface area (Å²) in [4.78, 5) is 20.1. The van der Waals surface area contributed by atoms with Gasteiger partial charge in [-0.25, -0.2) is 14.8 Å². The summed E-state index contributed by atoms with van der Waals surface area (Å²) in [7, 11) is 0. The maximum absolute atomic E-state index is 11.6. The number of thioether (sulfide) groups is 1. The summed E-state index contributed by atoms with van der Waals surface area (Å²) in [6.45, 7) is 8.30. The lowest BCUT2D eigenvalue weighted by Crippen LogP contribution is -2.10. The maximum atomic E-state index is 11.6. The van der Waals surface area contributed by atoms with Gasteiger partial charge in [0.25, 0.3) is 0 Å². The molecule has 0 radical (unpaired) electrons. The lowest BCUT2D eigenvalue weighted by atomic mass is 10.2. The zero-order chi connectivity index (χ0) is 13.5. The van der Waals surface area contributed by atoms with Crippen LogP contribution in [0.25, 0.3) is 0 Å². The summed E-state index contributed by atoms with van der Waals surface area (Å²) >= 11 is 1.82. The molecule has 4 nitrogen and oxygen atoms in total. The second-order valence-corrected chi connectivity index (χ2v) is 5.46. The van der Waals surface area contributed by atoms with Crippen LogP contribution in [0, 0.1) is 6.92 Å². The van der Waals surface area contributed by atoms with Gasteiger partial charge >= 0.3 is 5.97 Å². The van der Waals surface area contributed by atoms with Crippen LogP contribution in [0.4, 0.5) is 0 Å². The summed E-state index contributed by atoms with van der Waals surface area (Å²) in [5, 5.41) is 0.596. The Morgan fingerprint density at radius 3 is 2.78 bits per heavy atom. The largest absolute Gasteiger partial charge is 0.462 e. The zero-order valence-electron chi connectivity index (χ0n) is 11.4. The van der Waals surface area contributed by atoms with E-state index in [1.165, 1.54) is 0 Å². The molecule has 18 heavy (non-hydrogen) atoms. The standard InChI is InChI=1S/C13H20N2O2S/c1-5-9(3)18-8-12-14-7-11(10(4)15-12)13(16)17-6-2/h7,9H,5-6,8H2,1-4H3. The normalized spacial score (nSPS) is 12.2. The first-order valence-corrected chi connectivity index (χ1v) is 7.24. The molecule has 1 atom stereocenters. The Hall–Kier alpha value is -1.10. The molecule has 0 aliphatic heterocycles. The molecule has 0 aliphatic carbocycles. The van der Waals surface area contributed by atoms with Gasteiger partial charge in [-0.2, -0.15) is 11.8 Å². The van der Waals surface area contributed by atoms with E-state index in [-0.39, 0.29) is 5.97 Å². The summed E-state index contributed by atoms with van der Waals surface area (Å²) in [6, 6.07) is 0. The number of carbonyl (C=O) groups excluding carboxylic acids is 1. The Labute approximate surface area is 113 Å². The summed E-state index contributed by atoms with van der Waals surface area (Å²) < 4.78 is 4.94. The molecule has 1 rings (SSSR count). The highest BCUT2D eigenvalue weighted by molar-refractivity contribution is 7.99. The van der Waals surface area contributed by atoms with Crippen LogP contribution >= 0.6 is 11.8 Å². The number of aryl methyl sites for hydroxylation is 1. The molecule has 0 N–H and O–H groups in total. The Bertz CT molecular complexity index is 410. The van der Waals surface area contributed by atoms with E-state index in [0.29, 0.717) is 23.1 Å². The minimum absolute atomic E-state index is 0.351. The van der Waals surface area contributed by atoms with Crippen molar-refractivity contribution in [2.75, 3.05) is 6.61 Å². The fraction of sp³-hybridized carbons (Fsp3) is 0.615. The van der Waals surface area contributed by atoms with Crippen molar-refractivity contribution >= 4 is 17.7 Å². The quantitative estimate of drug-likeness (QED) is 0.742. The van der Waals surface area contributed by atoms with Gasteiger partial charge in [-0.3, -0.25) is 0 Å². The molecule has 0 aromatic carbocycles. The second-order valence-electron chi connectivity index (χ2n) is 4.04. The lowest BCUT2D eigenvalue weighted by Gasteiger charge is -2.09. The Kier molecular flexibility index (Phi) is 6.12. The number of rotatable bonds is 6. The van der Waals surface area contributed by atoms with Crippen molar-refractivity contribution < 1.29 is 9.53 Å². The van der Waals surface area contributed by atoms with Crippen molar-refractivity contribution in [2.24, 2.45) is 0 Å². The van der Waals surface area contributed by atoms with Gasteiger partial charge in [-0.15, -0.1) is 0 Å². The monoisotopic (exact) mass is 268 g/mol. The minimum atomic E-state index is -0.351. The Balaban J connectivity index is 2.70. The van der Waals surface area contributed by atoms with E-state index in [1.54, 1.807) is 13.1 Å². The highest BCUT2D eigenvalue weighted by Gasteiger charge is 2.12. The molecular weight excluding hydrogens is 248 g/mol. The molecule has 1 unspecified atom stereocenters. The molecule has 0 aliphatic rings. The van der Waals surface area contributed by atoms with Gasteiger partial charge in [0.2, 0.25) is 0 Å². The predicted molar refractivity (Wildman–Crippen MR) is 73.8 cm³/mol. The highest BCUT2D eigenvalue weighted by atomic mass is 32.2. The molecule has 1 heterocycles. The molecule has 0 saturated carbocycles. The number of hydrogen-bond donors (Lipinski definition) is 0. The van der Waals surface area contributed by atoms with Crippen LogP contribution in [0.3, 0.4) is 0 Å². The van der Waals surface area contributed by atoms with E-state index in [0.717, 1.165) is 18.0 Å². The van der Waals surface area contributed by atoms with Gasteiger partial charge in [0.15, 0.2) is 0 Å². The van der Waals surface area contributed by atoms with E-state index >= 15 is 0 Å². The van der Waals surface area contributed by atoms with Gasteiger partial charge < -0.3 is 4.74 Å². The van der Waals surface area contributed by atoms with E-state index in [2.05, 4.69) is 23.8 Å². The summed E-state index contributed by atoms with van der Waals surface area (Å²) in [5.74, 6) is 1.20. The zero-order valence-corrected chi connectivity index (χ0v) is 12.2. The van der Waals surface area contributed by atoms with Crippen LogP contribution in [-0.4, -0.2) is 27.8 Å². The minimum Gasteiger partial charge on any atom is -0.462 e. The number of esters is 1. The molecular formula is C13H20N2O2S. The second kappa shape index (κ2) is 7.36. The van der Waals surface area contributed by atoms with Crippen molar-refractivity contribution in [1.82, 2.24) is 9.97 Å². The lowest BCUT2D eigenvalue weighted by molar-refractivity contribution is 0.0524. The SMILES string of the molecule is CCOC(=O)c1cnc(CSC(C)CC)nc1C. The van der Waals surface area contributed by atoms with E-state index < -0.39 is 0 Å². The van der Waals surface area contributed by atoms with E-state index in [9.17, 15) is 4.79 Å². The van der Waals surface area contributed by atoms with Crippen LogP contribution in [0.15, 0.2) is 6.20 Å². The van der Waals surface area contributed by atoms with Crippen molar-refractivity contribution in [3.05, 3.63) is 23.3 Å². The number of hydrogen-bond acceptors (Lipinski definition) is 5. The molecule has 100 valence electrons.